The van der Waals surface area contributed by atoms with E-state index in [2.05, 4.69) is 5.32 Å². The van der Waals surface area contributed by atoms with E-state index in [1.165, 1.54) is 30.7 Å². The number of piperidine rings is 2. The second kappa shape index (κ2) is 26.4. The van der Waals surface area contributed by atoms with Crippen LogP contribution in [0.5, 0.6) is 0 Å². The molecule has 5 rings (SSSR count). The molecule has 0 saturated carbocycles. The molecule has 3 aromatic rings. The molecule has 0 aliphatic carbocycles. The Balaban J connectivity index is 1.32. The van der Waals surface area contributed by atoms with Gasteiger partial charge in [-0.3, -0.25) is 19.2 Å². The lowest BCUT2D eigenvalue weighted by Gasteiger charge is -2.37. The number of carboxylic acids is 1. The summed E-state index contributed by atoms with van der Waals surface area (Å²) in [5.74, 6) is -6.76. The summed E-state index contributed by atoms with van der Waals surface area (Å²) in [5, 5.41) is 12.4. The van der Waals surface area contributed by atoms with Gasteiger partial charge in [0.15, 0.2) is 24.4 Å². The van der Waals surface area contributed by atoms with E-state index >= 15 is 0 Å². The first-order valence-corrected chi connectivity index (χ1v) is 24.2. The molecule has 2 heterocycles. The van der Waals surface area contributed by atoms with Crippen LogP contribution in [0.3, 0.4) is 0 Å². The van der Waals surface area contributed by atoms with Gasteiger partial charge in [-0.05, 0) is 94.9 Å². The summed E-state index contributed by atoms with van der Waals surface area (Å²) < 4.78 is 23.0. The first-order chi connectivity index (χ1) is 33.5. The number of carboxylic acid groups (broad SMARTS) is 1. The molecule has 2 saturated heterocycles. The summed E-state index contributed by atoms with van der Waals surface area (Å²) in [6.07, 6.45) is -2.48. The Hall–Kier alpha value is -6.62. The predicted molar refractivity (Wildman–Crippen MR) is 257 cm³/mol. The molecule has 2 aliphatic rings. The second-order valence-electron chi connectivity index (χ2n) is 18.4. The lowest BCUT2D eigenvalue weighted by Crippen LogP contribution is -2.55. The Morgan fingerprint density at radius 3 is 1.43 bits per heavy atom. The Morgan fingerprint density at radius 1 is 0.600 bits per heavy atom. The van der Waals surface area contributed by atoms with Gasteiger partial charge in [0.25, 0.3) is 17.7 Å². The maximum atomic E-state index is 14.5. The third-order valence-electron chi connectivity index (χ3n) is 12.7. The highest BCUT2D eigenvalue weighted by Gasteiger charge is 2.43. The van der Waals surface area contributed by atoms with Crippen LogP contribution in [0.2, 0.25) is 0 Å². The smallest absolute Gasteiger partial charge is 0.344 e. The fraction of sp³-hybridized carbons (Fsp3) is 0.509. The third kappa shape index (κ3) is 15.2. The van der Waals surface area contributed by atoms with Crippen molar-refractivity contribution in [2.24, 2.45) is 5.92 Å². The summed E-state index contributed by atoms with van der Waals surface area (Å²) in [6, 6.07) is 23.1. The zero-order valence-electron chi connectivity index (χ0n) is 41.0. The molecule has 70 heavy (non-hydrogen) atoms. The van der Waals surface area contributed by atoms with Crippen molar-refractivity contribution in [3.05, 3.63) is 108 Å². The number of likely N-dealkylation sites (tertiary alicyclic amines) is 2. The number of likely N-dealkylation sites (N-methyl/N-ethyl adjacent to an activating group) is 2. The van der Waals surface area contributed by atoms with Crippen molar-refractivity contribution in [3.8, 4) is 0 Å². The summed E-state index contributed by atoms with van der Waals surface area (Å²) in [4.78, 5) is 114. The van der Waals surface area contributed by atoms with Gasteiger partial charge in [0.2, 0.25) is 0 Å². The number of carbonyl (C=O) groups excluding carboxylic acids is 7. The van der Waals surface area contributed by atoms with E-state index < -0.39 is 96.2 Å². The van der Waals surface area contributed by atoms with Crippen LogP contribution in [0.4, 0.5) is 0 Å². The van der Waals surface area contributed by atoms with Crippen LogP contribution < -0.4 is 5.32 Å². The minimum absolute atomic E-state index is 0.0491. The largest absolute Gasteiger partial charge is 0.479 e. The molecular weight excluding hydrogens is 901 g/mol. The van der Waals surface area contributed by atoms with Gasteiger partial charge in [-0.25, -0.2) is 19.2 Å². The number of rotatable bonds is 22. The van der Waals surface area contributed by atoms with Crippen molar-refractivity contribution in [2.45, 2.75) is 140 Å². The minimum atomic E-state index is -1.45. The lowest BCUT2D eigenvalue weighted by molar-refractivity contribution is -0.176. The molecule has 3 amide bonds. The van der Waals surface area contributed by atoms with E-state index in [0.29, 0.717) is 37.7 Å². The first kappa shape index (κ1) is 54.3. The van der Waals surface area contributed by atoms with Crippen LogP contribution in [-0.4, -0.2) is 143 Å². The van der Waals surface area contributed by atoms with Crippen LogP contribution in [-0.2, 0) is 76.6 Å². The molecule has 17 nitrogen and oxygen atoms in total. The van der Waals surface area contributed by atoms with E-state index in [1.807, 2.05) is 74.5 Å². The molecule has 3 aromatic carbocycles. The summed E-state index contributed by atoms with van der Waals surface area (Å²) in [7, 11) is 3.02. The van der Waals surface area contributed by atoms with Crippen molar-refractivity contribution in [1.29, 1.82) is 0 Å². The van der Waals surface area contributed by atoms with Crippen LogP contribution in [0, 0.1) is 5.92 Å². The fourth-order valence-corrected chi connectivity index (χ4v) is 8.77. The zero-order valence-corrected chi connectivity index (χ0v) is 41.0. The molecule has 2 aliphatic heterocycles. The van der Waals surface area contributed by atoms with Crippen LogP contribution in [0.15, 0.2) is 91.0 Å². The highest BCUT2D eigenvalue weighted by atomic mass is 16.6. The molecule has 0 spiro atoms. The summed E-state index contributed by atoms with van der Waals surface area (Å²) in [5.41, 5.74) is 2.29. The van der Waals surface area contributed by atoms with E-state index in [1.54, 1.807) is 37.4 Å². The average Bonchev–Trinajstić information content (AvgIpc) is 3.36. The van der Waals surface area contributed by atoms with Gasteiger partial charge in [-0.15, -0.1) is 0 Å². The molecular formula is C53H68N4O13. The van der Waals surface area contributed by atoms with Crippen molar-refractivity contribution in [1.82, 2.24) is 20.0 Å². The molecule has 0 bridgehead atoms. The number of aliphatic carboxylic acids is 1. The van der Waals surface area contributed by atoms with Gasteiger partial charge >= 0.3 is 29.8 Å². The topological polar surface area (TPSA) is 215 Å². The first-order valence-electron chi connectivity index (χ1n) is 24.2. The molecule has 0 aromatic heterocycles. The molecule has 378 valence electrons. The highest BCUT2D eigenvalue weighted by Crippen LogP contribution is 2.26. The lowest BCUT2D eigenvalue weighted by atomic mass is 9.99. The standard InChI is InChI=1S/C53H68N4O13/c1-34(2)30-43(53(66)70-45(33-39-24-14-9-15-25-39)48(60)57-29-19-17-27-42(57)52(65)68-36(4)49(61)62)55(6)46(58)35(3)67-51(64)41-26-16-18-28-56(41)47(59)44(32-38-22-12-8-13-23-38)69-50(63)40(54-5)31-37-20-10-7-11-21-37/h7-15,20-25,34-36,40-45,54H,16-19,26-33H2,1-6H3,(H,61,62)/t35-,36-,40+,41+,42+,43+,44-,45-/m1/s1. The van der Waals surface area contributed by atoms with Crippen LogP contribution >= 0.6 is 0 Å². The van der Waals surface area contributed by atoms with Gasteiger partial charge in [0.1, 0.15) is 24.2 Å². The third-order valence-corrected chi connectivity index (χ3v) is 12.7. The molecule has 17 heteroatoms. The second-order valence-corrected chi connectivity index (χ2v) is 18.4. The number of benzene rings is 3. The Kier molecular flexibility index (Phi) is 20.5. The van der Waals surface area contributed by atoms with Crippen LogP contribution in [0.1, 0.15) is 89.3 Å². The Bertz CT molecular complexity index is 2240. The molecule has 2 N–H and O–H groups in total. The number of ether oxygens (including phenoxy) is 4. The SMILES string of the molecule is CN[C@@H](Cc1ccccc1)C(=O)O[C@H](Cc1ccccc1)C(=O)N1CCCC[C@H]1C(=O)O[C@H](C)C(=O)N(C)[C@@H](CC(C)C)C(=O)O[C@H](Cc1ccccc1)C(=O)N1CCCC[C@H]1C(=O)O[C@H](C)C(=O)O. The minimum Gasteiger partial charge on any atom is -0.479 e. The van der Waals surface area contributed by atoms with Gasteiger partial charge in [-0.2, -0.15) is 0 Å². The predicted octanol–water partition coefficient (Wildman–Crippen LogP) is 4.71. The van der Waals surface area contributed by atoms with Gasteiger partial charge in [0, 0.05) is 33.0 Å². The maximum Gasteiger partial charge on any atom is 0.344 e. The molecule has 0 unspecified atom stereocenters. The quantitative estimate of drug-likeness (QED) is 0.103. The number of esters is 4. The fourth-order valence-electron chi connectivity index (χ4n) is 8.77. The van der Waals surface area contributed by atoms with Crippen molar-refractivity contribution >= 4 is 47.6 Å². The summed E-state index contributed by atoms with van der Waals surface area (Å²) >= 11 is 0. The number of amides is 3. The number of carbonyl (C=O) groups is 8. The monoisotopic (exact) mass is 968 g/mol. The maximum absolute atomic E-state index is 14.5. The molecule has 0 radical (unpaired) electrons. The van der Waals surface area contributed by atoms with Crippen molar-refractivity contribution in [3.63, 3.8) is 0 Å². The van der Waals surface area contributed by atoms with E-state index in [-0.39, 0.29) is 51.1 Å². The Morgan fingerprint density at radius 2 is 1.01 bits per heavy atom. The molecule has 2 fully saturated rings. The van der Waals surface area contributed by atoms with Crippen molar-refractivity contribution < 1.29 is 62.4 Å². The van der Waals surface area contributed by atoms with Crippen molar-refractivity contribution in [2.75, 3.05) is 27.2 Å². The average molecular weight is 969 g/mol. The van der Waals surface area contributed by atoms with Gasteiger partial charge in [-0.1, -0.05) is 105 Å². The number of hydrogen-bond donors (Lipinski definition) is 2. The van der Waals surface area contributed by atoms with Crippen LogP contribution in [0.25, 0.3) is 0 Å². The normalized spacial score (nSPS) is 18.5. The van der Waals surface area contributed by atoms with Gasteiger partial charge < -0.3 is 44.1 Å². The Labute approximate surface area is 410 Å². The van der Waals surface area contributed by atoms with E-state index in [4.69, 9.17) is 18.9 Å². The molecule has 8 atom stereocenters. The van der Waals surface area contributed by atoms with Gasteiger partial charge in [0.05, 0.1) is 0 Å². The highest BCUT2D eigenvalue weighted by molar-refractivity contribution is 5.93. The number of nitrogens with zero attached hydrogens (tertiary/aromatic N) is 3. The summed E-state index contributed by atoms with van der Waals surface area (Å²) in [6.45, 7) is 6.58. The van der Waals surface area contributed by atoms with E-state index in [9.17, 15) is 43.5 Å². The zero-order chi connectivity index (χ0) is 50.9. The number of nitrogens with one attached hydrogen (secondary N) is 1. The number of hydrogen-bond acceptors (Lipinski definition) is 13. The van der Waals surface area contributed by atoms with E-state index in [0.717, 1.165) is 16.0 Å².